The van der Waals surface area contributed by atoms with Crippen LogP contribution in [0.2, 0.25) is 0 Å². The molecule has 0 fully saturated rings. The smallest absolute Gasteiger partial charge is 0.150 e. The van der Waals surface area contributed by atoms with Crippen LogP contribution in [0.5, 0.6) is 0 Å². The van der Waals surface area contributed by atoms with Crippen molar-refractivity contribution in [2.45, 2.75) is 79.8 Å². The summed E-state index contributed by atoms with van der Waals surface area (Å²) < 4.78 is 2.40. The van der Waals surface area contributed by atoms with Gasteiger partial charge in [0.25, 0.3) is 0 Å². The monoisotopic (exact) mass is 518 g/mol. The van der Waals surface area contributed by atoms with Gasteiger partial charge in [0.15, 0.2) is 0 Å². The van der Waals surface area contributed by atoms with Gasteiger partial charge in [0, 0.05) is 24.2 Å². The Morgan fingerprint density at radius 2 is 1.55 bits per heavy atom. The van der Waals surface area contributed by atoms with Gasteiger partial charge in [-0.15, -0.1) is 0 Å². The molecular weight excluding hydrogens is 468 g/mol. The molecule has 0 aliphatic carbocycles. The van der Waals surface area contributed by atoms with E-state index < -0.39 is 0 Å². The molecule has 0 spiro atoms. The number of imidazole rings is 1. The lowest BCUT2D eigenvalue weighted by molar-refractivity contribution is 0.112. The first-order chi connectivity index (χ1) is 18.3. The van der Waals surface area contributed by atoms with Crippen LogP contribution in [0.4, 0.5) is 0 Å². The fourth-order valence-corrected chi connectivity index (χ4v) is 4.87. The van der Waals surface area contributed by atoms with Crippen LogP contribution in [-0.4, -0.2) is 58.9 Å². The van der Waals surface area contributed by atoms with E-state index in [2.05, 4.69) is 74.2 Å². The van der Waals surface area contributed by atoms with Crippen LogP contribution >= 0.6 is 0 Å². The number of carbonyl (C=O) groups excluding carboxylic acids is 1. The number of benzene rings is 2. The van der Waals surface area contributed by atoms with Crippen LogP contribution in [0.25, 0.3) is 22.4 Å². The molecule has 0 bridgehead atoms. The number of unbranched alkanes of at least 4 members (excludes halogenated alkanes) is 1. The fraction of sp³-hybridized carbons (Fsp3) is 0.576. The Labute approximate surface area is 231 Å². The molecule has 0 atom stereocenters. The van der Waals surface area contributed by atoms with E-state index in [4.69, 9.17) is 4.98 Å². The predicted octanol–water partition coefficient (Wildman–Crippen LogP) is 7.53. The highest BCUT2D eigenvalue weighted by molar-refractivity contribution is 5.82. The molecule has 0 aliphatic rings. The van der Waals surface area contributed by atoms with Gasteiger partial charge in [0.1, 0.15) is 12.1 Å². The third-order valence-corrected chi connectivity index (χ3v) is 7.38. The first-order valence-corrected chi connectivity index (χ1v) is 14.8. The maximum Gasteiger partial charge on any atom is 0.150 e. The van der Waals surface area contributed by atoms with Gasteiger partial charge >= 0.3 is 0 Å². The van der Waals surface area contributed by atoms with Crippen molar-refractivity contribution in [2.24, 2.45) is 11.8 Å². The Morgan fingerprint density at radius 3 is 2.16 bits per heavy atom. The van der Waals surface area contributed by atoms with Crippen LogP contribution in [0.3, 0.4) is 0 Å². The van der Waals surface area contributed by atoms with Gasteiger partial charge < -0.3 is 9.47 Å². The van der Waals surface area contributed by atoms with Crippen LogP contribution < -0.4 is 0 Å². The molecule has 1 aromatic heterocycles. The van der Waals surface area contributed by atoms with Gasteiger partial charge in [-0.25, -0.2) is 4.98 Å². The Balaban J connectivity index is 1.89. The lowest BCUT2D eigenvalue weighted by Gasteiger charge is -2.24. The van der Waals surface area contributed by atoms with E-state index in [1.165, 1.54) is 36.8 Å². The number of hydrogen-bond donors (Lipinski definition) is 0. The molecule has 3 rings (SSSR count). The normalized spacial score (nSPS) is 12.1. The molecule has 2 aromatic carbocycles. The predicted molar refractivity (Wildman–Crippen MR) is 162 cm³/mol. The van der Waals surface area contributed by atoms with Crippen molar-refractivity contribution in [3.8, 4) is 11.4 Å². The van der Waals surface area contributed by atoms with E-state index >= 15 is 0 Å². The largest absolute Gasteiger partial charge is 0.324 e. The Kier molecular flexibility index (Phi) is 12.0. The SMILES string of the molecule is CCCCN(C)CCCn1c(-c2ccc(C=O)cc2)nc2ccc(CN(CCC(C)C)CCC(C)C)cc21. The van der Waals surface area contributed by atoms with Crippen LogP contribution in [-0.2, 0) is 13.1 Å². The van der Waals surface area contributed by atoms with Crippen LogP contribution in [0.1, 0.15) is 82.6 Å². The second-order valence-corrected chi connectivity index (χ2v) is 11.8. The van der Waals surface area contributed by atoms with Gasteiger partial charge in [-0.3, -0.25) is 9.69 Å². The summed E-state index contributed by atoms with van der Waals surface area (Å²) >= 11 is 0. The van der Waals surface area contributed by atoms with Crippen molar-refractivity contribution in [3.63, 3.8) is 0 Å². The molecule has 0 saturated heterocycles. The topological polar surface area (TPSA) is 41.4 Å². The Hall–Kier alpha value is -2.50. The van der Waals surface area contributed by atoms with Crippen molar-refractivity contribution < 1.29 is 4.79 Å². The summed E-state index contributed by atoms with van der Waals surface area (Å²) in [7, 11) is 2.22. The van der Waals surface area contributed by atoms with E-state index in [1.54, 1.807) is 0 Å². The highest BCUT2D eigenvalue weighted by Gasteiger charge is 2.15. The summed E-state index contributed by atoms with van der Waals surface area (Å²) in [5.41, 5.74) is 5.36. The molecule has 0 radical (unpaired) electrons. The highest BCUT2D eigenvalue weighted by atomic mass is 16.1. The minimum absolute atomic E-state index is 0.694. The number of aromatic nitrogens is 2. The standard InChI is InChI=1S/C33H50N4O/c1-7-8-18-35(6)19-9-20-37-32-23-29(24-36(21-16-26(2)3)22-17-27(4)5)12-15-31(32)34-33(37)30-13-10-28(25-38)11-14-30/h10-15,23,25-27H,7-9,16-22,24H2,1-6H3. The molecule has 1 heterocycles. The summed E-state index contributed by atoms with van der Waals surface area (Å²) in [6.45, 7) is 17.9. The van der Waals surface area contributed by atoms with Gasteiger partial charge in [0.05, 0.1) is 11.0 Å². The average Bonchev–Trinajstić information content (AvgIpc) is 3.26. The van der Waals surface area contributed by atoms with Gasteiger partial charge in [0.2, 0.25) is 0 Å². The molecule has 208 valence electrons. The third kappa shape index (κ3) is 9.06. The first kappa shape index (κ1) is 30.0. The minimum Gasteiger partial charge on any atom is -0.324 e. The second kappa shape index (κ2) is 15.2. The molecule has 0 N–H and O–H groups in total. The number of fused-ring (bicyclic) bond motifs is 1. The first-order valence-electron chi connectivity index (χ1n) is 14.8. The number of carbonyl (C=O) groups is 1. The summed E-state index contributed by atoms with van der Waals surface area (Å²) in [4.78, 5) is 21.3. The quantitative estimate of drug-likeness (QED) is 0.173. The van der Waals surface area contributed by atoms with E-state index in [9.17, 15) is 4.79 Å². The molecular formula is C33H50N4O. The summed E-state index contributed by atoms with van der Waals surface area (Å²) in [6, 6.07) is 14.6. The van der Waals surface area contributed by atoms with Crippen molar-refractivity contribution >= 4 is 17.3 Å². The fourth-order valence-electron chi connectivity index (χ4n) is 4.87. The maximum absolute atomic E-state index is 11.2. The zero-order valence-corrected chi connectivity index (χ0v) is 24.7. The zero-order chi connectivity index (χ0) is 27.5. The molecule has 0 aliphatic heterocycles. The third-order valence-electron chi connectivity index (χ3n) is 7.38. The van der Waals surface area contributed by atoms with E-state index in [0.717, 1.165) is 68.9 Å². The van der Waals surface area contributed by atoms with Gasteiger partial charge in [-0.1, -0.05) is 71.4 Å². The van der Waals surface area contributed by atoms with E-state index in [0.29, 0.717) is 17.4 Å². The molecule has 3 aromatic rings. The number of aryl methyl sites for hydroxylation is 1. The van der Waals surface area contributed by atoms with Gasteiger partial charge in [-0.05, 0) is 88.4 Å². The van der Waals surface area contributed by atoms with Crippen LogP contribution in [0.15, 0.2) is 42.5 Å². The lowest BCUT2D eigenvalue weighted by Crippen LogP contribution is -2.27. The lowest BCUT2D eigenvalue weighted by atomic mass is 10.1. The molecule has 5 nitrogen and oxygen atoms in total. The molecule has 0 unspecified atom stereocenters. The second-order valence-electron chi connectivity index (χ2n) is 11.8. The highest BCUT2D eigenvalue weighted by Crippen LogP contribution is 2.27. The van der Waals surface area contributed by atoms with Crippen molar-refractivity contribution in [1.82, 2.24) is 19.4 Å². The van der Waals surface area contributed by atoms with Crippen molar-refractivity contribution in [2.75, 3.05) is 33.2 Å². The van der Waals surface area contributed by atoms with Crippen LogP contribution in [0, 0.1) is 11.8 Å². The maximum atomic E-state index is 11.2. The molecule has 5 heteroatoms. The van der Waals surface area contributed by atoms with E-state index in [1.807, 2.05) is 24.3 Å². The Bertz CT molecular complexity index is 1100. The average molecular weight is 519 g/mol. The molecule has 38 heavy (non-hydrogen) atoms. The zero-order valence-electron chi connectivity index (χ0n) is 24.7. The Morgan fingerprint density at radius 1 is 0.895 bits per heavy atom. The number of aldehydes is 1. The summed E-state index contributed by atoms with van der Waals surface area (Å²) in [5.74, 6) is 2.41. The molecule has 0 amide bonds. The van der Waals surface area contributed by atoms with E-state index in [-0.39, 0.29) is 0 Å². The minimum atomic E-state index is 0.694. The van der Waals surface area contributed by atoms with Crippen molar-refractivity contribution in [3.05, 3.63) is 53.6 Å². The molecule has 0 saturated carbocycles. The number of rotatable bonds is 17. The van der Waals surface area contributed by atoms with Crippen molar-refractivity contribution in [1.29, 1.82) is 0 Å². The number of nitrogens with zero attached hydrogens (tertiary/aromatic N) is 4. The summed E-state index contributed by atoms with van der Waals surface area (Å²) in [5, 5.41) is 0. The number of hydrogen-bond acceptors (Lipinski definition) is 4. The van der Waals surface area contributed by atoms with Gasteiger partial charge in [-0.2, -0.15) is 0 Å². The summed E-state index contributed by atoms with van der Waals surface area (Å²) in [6.07, 6.45) is 6.90.